The van der Waals surface area contributed by atoms with Gasteiger partial charge in [0.05, 0.1) is 22.5 Å². The Morgan fingerprint density at radius 1 is 1.38 bits per heavy atom. The lowest BCUT2D eigenvalue weighted by Gasteiger charge is -2.02. The van der Waals surface area contributed by atoms with Gasteiger partial charge in [-0.1, -0.05) is 6.07 Å². The van der Waals surface area contributed by atoms with Crippen molar-refractivity contribution in [3.63, 3.8) is 0 Å². The van der Waals surface area contributed by atoms with Gasteiger partial charge in [0.2, 0.25) is 0 Å². The highest BCUT2D eigenvalue weighted by Gasteiger charge is 2.13. The fraction of sp³-hybridized carbons (Fsp3) is 0.273. The van der Waals surface area contributed by atoms with E-state index in [1.54, 1.807) is 24.4 Å². The first-order valence-corrected chi connectivity index (χ1v) is 5.02. The van der Waals surface area contributed by atoms with Crippen LogP contribution >= 0.6 is 0 Å². The highest BCUT2D eigenvalue weighted by atomic mass is 19.1. The molecule has 1 heterocycles. The quantitative estimate of drug-likeness (QED) is 0.589. The van der Waals surface area contributed by atoms with Crippen LogP contribution in [0.25, 0.3) is 10.9 Å². The number of alkyl halides is 1. The second kappa shape index (κ2) is 4.30. The molecule has 5 heteroatoms. The van der Waals surface area contributed by atoms with Gasteiger partial charge in [0.1, 0.15) is 0 Å². The van der Waals surface area contributed by atoms with Crippen molar-refractivity contribution < 1.29 is 9.31 Å². The van der Waals surface area contributed by atoms with E-state index in [4.69, 9.17) is 0 Å². The van der Waals surface area contributed by atoms with Gasteiger partial charge in [0, 0.05) is 18.8 Å². The van der Waals surface area contributed by atoms with Gasteiger partial charge in [-0.25, -0.2) is 0 Å². The summed E-state index contributed by atoms with van der Waals surface area (Å²) < 4.78 is 13.9. The van der Waals surface area contributed by atoms with Gasteiger partial charge in [-0.3, -0.25) is 14.5 Å². The van der Waals surface area contributed by atoms with Gasteiger partial charge in [-0.15, -0.1) is 0 Å². The molecule has 0 aliphatic rings. The van der Waals surface area contributed by atoms with E-state index in [-0.39, 0.29) is 12.4 Å². The Morgan fingerprint density at radius 2 is 2.19 bits per heavy atom. The molecule has 0 atom stereocenters. The summed E-state index contributed by atoms with van der Waals surface area (Å²) in [5, 5.41) is 11.4. The second-order valence-electron chi connectivity index (χ2n) is 3.52. The lowest BCUT2D eigenvalue weighted by Crippen LogP contribution is -1.97. The summed E-state index contributed by atoms with van der Waals surface area (Å²) in [5.41, 5.74) is 0.874. The molecule has 1 aromatic carbocycles. The van der Waals surface area contributed by atoms with Crippen molar-refractivity contribution in [1.29, 1.82) is 0 Å². The summed E-state index contributed by atoms with van der Waals surface area (Å²) in [6.45, 7) is 0.162. The maximum Gasteiger partial charge on any atom is 0.278 e. The van der Waals surface area contributed by atoms with Crippen LogP contribution < -0.4 is 0 Å². The average Bonchev–Trinajstić information content (AvgIpc) is 2.69. The minimum atomic E-state index is -0.401. The molecule has 0 saturated heterocycles. The van der Waals surface area contributed by atoms with E-state index in [2.05, 4.69) is 0 Å². The molecule has 0 unspecified atom stereocenters. The van der Waals surface area contributed by atoms with E-state index in [9.17, 15) is 14.5 Å². The summed E-state index contributed by atoms with van der Waals surface area (Å²) in [6.07, 6.45) is 2.18. The molecule has 1 aromatic heterocycles. The van der Waals surface area contributed by atoms with E-state index in [0.29, 0.717) is 18.4 Å². The third kappa shape index (κ3) is 1.76. The predicted molar refractivity (Wildman–Crippen MR) is 59.2 cm³/mol. The van der Waals surface area contributed by atoms with Crippen molar-refractivity contribution in [2.45, 2.75) is 13.0 Å². The molecule has 0 N–H and O–H groups in total. The molecular weight excluding hydrogens is 211 g/mol. The molecule has 0 radical (unpaired) electrons. The van der Waals surface area contributed by atoms with Gasteiger partial charge in [0.25, 0.3) is 5.69 Å². The van der Waals surface area contributed by atoms with E-state index >= 15 is 0 Å². The maximum atomic E-state index is 12.1. The average molecular weight is 222 g/mol. The van der Waals surface area contributed by atoms with Gasteiger partial charge < -0.3 is 4.57 Å². The van der Waals surface area contributed by atoms with Gasteiger partial charge in [-0.2, -0.15) is 0 Å². The van der Waals surface area contributed by atoms with Crippen molar-refractivity contribution in [1.82, 2.24) is 4.57 Å². The number of benzene rings is 1. The number of halogens is 1. The normalized spacial score (nSPS) is 10.8. The van der Waals surface area contributed by atoms with Crippen LogP contribution in [0.3, 0.4) is 0 Å². The zero-order valence-corrected chi connectivity index (χ0v) is 8.60. The van der Waals surface area contributed by atoms with Crippen LogP contribution in [0.5, 0.6) is 0 Å². The van der Waals surface area contributed by atoms with Gasteiger partial charge >= 0.3 is 0 Å². The molecular formula is C11H11FN2O2. The van der Waals surface area contributed by atoms with Crippen molar-refractivity contribution in [3.05, 3.63) is 40.6 Å². The minimum absolute atomic E-state index is 0.0940. The maximum absolute atomic E-state index is 12.1. The lowest BCUT2D eigenvalue weighted by molar-refractivity contribution is -0.383. The topological polar surface area (TPSA) is 48.1 Å². The first kappa shape index (κ1) is 10.6. The Balaban J connectivity index is 2.48. The molecule has 0 fully saturated rings. The molecule has 0 bridgehead atoms. The number of hydrogen-bond acceptors (Lipinski definition) is 2. The number of nitro groups is 1. The number of nitro benzene ring substituents is 1. The molecule has 0 aliphatic carbocycles. The third-order valence-corrected chi connectivity index (χ3v) is 2.52. The SMILES string of the molecule is O=[N+]([O-])c1cccc2c1ccn2CCCF. The fourth-order valence-corrected chi connectivity index (χ4v) is 1.79. The molecule has 4 nitrogen and oxygen atoms in total. The van der Waals surface area contributed by atoms with Crippen molar-refractivity contribution in [3.8, 4) is 0 Å². The fourth-order valence-electron chi connectivity index (χ4n) is 1.79. The Bertz CT molecular complexity index is 522. The molecule has 84 valence electrons. The highest BCUT2D eigenvalue weighted by molar-refractivity contribution is 5.89. The largest absolute Gasteiger partial charge is 0.347 e. The van der Waals surface area contributed by atoms with Crippen LogP contribution in [-0.4, -0.2) is 16.2 Å². The first-order chi connectivity index (χ1) is 7.74. The number of fused-ring (bicyclic) bond motifs is 1. The van der Waals surface area contributed by atoms with E-state index < -0.39 is 4.92 Å². The molecule has 16 heavy (non-hydrogen) atoms. The monoisotopic (exact) mass is 222 g/mol. The van der Waals surface area contributed by atoms with Crippen LogP contribution in [0, 0.1) is 10.1 Å². The predicted octanol–water partition coefficient (Wildman–Crippen LogP) is 2.91. The molecule has 2 aromatic rings. The van der Waals surface area contributed by atoms with E-state index in [0.717, 1.165) is 5.52 Å². The number of nitrogens with zero attached hydrogens (tertiary/aromatic N) is 2. The first-order valence-electron chi connectivity index (χ1n) is 5.02. The summed E-state index contributed by atoms with van der Waals surface area (Å²) >= 11 is 0. The Kier molecular flexibility index (Phi) is 2.85. The zero-order chi connectivity index (χ0) is 11.5. The number of rotatable bonds is 4. The summed E-state index contributed by atoms with van der Waals surface area (Å²) in [4.78, 5) is 10.4. The van der Waals surface area contributed by atoms with Gasteiger partial charge in [0.15, 0.2) is 0 Å². The summed E-state index contributed by atoms with van der Waals surface area (Å²) in [6, 6.07) is 6.63. The third-order valence-electron chi connectivity index (χ3n) is 2.52. The van der Waals surface area contributed by atoms with Crippen LogP contribution in [-0.2, 0) is 6.54 Å². The van der Waals surface area contributed by atoms with Gasteiger partial charge in [-0.05, 0) is 18.6 Å². The molecule has 2 rings (SSSR count). The molecule has 0 aliphatic heterocycles. The smallest absolute Gasteiger partial charge is 0.278 e. The number of hydrogen-bond donors (Lipinski definition) is 0. The lowest BCUT2D eigenvalue weighted by atomic mass is 10.2. The standard InChI is InChI=1S/C11H11FN2O2/c12-6-2-7-13-8-5-9-10(13)3-1-4-11(9)14(15)16/h1,3-5,8H,2,6-7H2. The van der Waals surface area contributed by atoms with Crippen molar-refractivity contribution in [2.24, 2.45) is 0 Å². The van der Waals surface area contributed by atoms with Crippen LogP contribution in [0.15, 0.2) is 30.5 Å². The minimum Gasteiger partial charge on any atom is -0.347 e. The number of non-ortho nitro benzene ring substituents is 1. The molecule has 0 amide bonds. The number of aromatic nitrogens is 1. The van der Waals surface area contributed by atoms with Crippen LogP contribution in [0.2, 0.25) is 0 Å². The Labute approximate surface area is 91.4 Å². The Morgan fingerprint density at radius 3 is 2.88 bits per heavy atom. The van der Waals surface area contributed by atoms with Crippen LogP contribution in [0.1, 0.15) is 6.42 Å². The van der Waals surface area contributed by atoms with E-state index in [1.165, 1.54) is 6.07 Å². The molecule has 0 saturated carbocycles. The Hall–Kier alpha value is -1.91. The number of aryl methyl sites for hydroxylation is 1. The molecule has 0 spiro atoms. The summed E-state index contributed by atoms with van der Waals surface area (Å²) in [7, 11) is 0. The van der Waals surface area contributed by atoms with Crippen molar-refractivity contribution in [2.75, 3.05) is 6.67 Å². The zero-order valence-electron chi connectivity index (χ0n) is 8.60. The summed E-state index contributed by atoms with van der Waals surface area (Å²) in [5.74, 6) is 0. The van der Waals surface area contributed by atoms with E-state index in [1.807, 2.05) is 4.57 Å². The van der Waals surface area contributed by atoms with Crippen molar-refractivity contribution >= 4 is 16.6 Å². The van der Waals surface area contributed by atoms with Crippen LogP contribution in [0.4, 0.5) is 10.1 Å². The second-order valence-corrected chi connectivity index (χ2v) is 3.52. The highest BCUT2D eigenvalue weighted by Crippen LogP contribution is 2.26.